The van der Waals surface area contributed by atoms with Gasteiger partial charge in [0.15, 0.2) is 5.78 Å². The fourth-order valence-corrected chi connectivity index (χ4v) is 3.76. The van der Waals surface area contributed by atoms with E-state index in [0.29, 0.717) is 11.6 Å². The molecule has 2 atom stereocenters. The molecule has 2 aromatic carbocycles. The Morgan fingerprint density at radius 2 is 1.90 bits per heavy atom. The third-order valence-electron chi connectivity index (χ3n) is 5.38. The number of nitrogens with two attached hydrogens (primary N) is 1. The maximum atomic E-state index is 12.8. The van der Waals surface area contributed by atoms with Crippen molar-refractivity contribution in [3.05, 3.63) is 70.2 Å². The summed E-state index contributed by atoms with van der Waals surface area (Å²) in [4.78, 5) is 26.8. The van der Waals surface area contributed by atoms with Crippen molar-refractivity contribution in [2.24, 2.45) is 11.7 Å². The lowest BCUT2D eigenvalue weighted by Crippen LogP contribution is -2.45. The molecule has 31 heavy (non-hydrogen) atoms. The number of carbonyl (C=O) groups excluding carboxylic acids is 2. The smallest absolute Gasteiger partial charge is 0.345 e. The first kappa shape index (κ1) is 23.2. The zero-order valence-corrected chi connectivity index (χ0v) is 17.4. The van der Waals surface area contributed by atoms with Crippen molar-refractivity contribution in [2.75, 3.05) is 19.6 Å². The van der Waals surface area contributed by atoms with Crippen LogP contribution >= 0.6 is 11.6 Å². The van der Waals surface area contributed by atoms with Gasteiger partial charge in [-0.05, 0) is 54.8 Å². The molecular formula is C22H23ClF3N3O2. The number of hydrogen-bond acceptors (Lipinski definition) is 4. The Balaban J connectivity index is 1.49. The number of Topliss-reactive ketones (excluding diaryl/α,β-unsaturated/α-hetero) is 1. The summed E-state index contributed by atoms with van der Waals surface area (Å²) in [6.07, 6.45) is -3.79. The van der Waals surface area contributed by atoms with E-state index in [2.05, 4.69) is 10.2 Å². The van der Waals surface area contributed by atoms with Crippen LogP contribution in [0.5, 0.6) is 0 Å². The highest BCUT2D eigenvalue weighted by atomic mass is 35.5. The standard InChI is InChI=1S/C22H23ClF3N3O2/c23-18-6-4-14(5-7-18)12-29-9-8-16(13-29)20(27)19(30)11-28-21(31)15-2-1-3-17(10-15)22(24,25)26/h1-7,10,16,20H,8-9,11-13,27H2,(H,28,31). The molecule has 9 heteroatoms. The monoisotopic (exact) mass is 453 g/mol. The van der Waals surface area contributed by atoms with Crippen LogP contribution < -0.4 is 11.1 Å². The van der Waals surface area contributed by atoms with Crippen LogP contribution in [-0.2, 0) is 17.5 Å². The van der Waals surface area contributed by atoms with E-state index in [9.17, 15) is 22.8 Å². The van der Waals surface area contributed by atoms with Gasteiger partial charge >= 0.3 is 6.18 Å². The lowest BCUT2D eigenvalue weighted by molar-refractivity contribution is -0.137. The summed E-state index contributed by atoms with van der Waals surface area (Å²) >= 11 is 5.90. The molecule has 0 spiro atoms. The second kappa shape index (κ2) is 9.80. The maximum Gasteiger partial charge on any atom is 0.416 e. The predicted molar refractivity (Wildman–Crippen MR) is 112 cm³/mol. The number of amides is 1. The van der Waals surface area contributed by atoms with E-state index in [1.54, 1.807) is 0 Å². The number of halogens is 4. The van der Waals surface area contributed by atoms with Gasteiger partial charge in [0.2, 0.25) is 0 Å². The largest absolute Gasteiger partial charge is 0.416 e. The molecule has 1 aliphatic rings. The average molecular weight is 454 g/mol. The Morgan fingerprint density at radius 3 is 2.58 bits per heavy atom. The van der Waals surface area contributed by atoms with E-state index >= 15 is 0 Å². The minimum absolute atomic E-state index is 0.0507. The Labute approximate surface area is 183 Å². The molecule has 0 aliphatic carbocycles. The number of nitrogens with zero attached hydrogens (tertiary/aromatic N) is 1. The number of rotatable bonds is 7. The van der Waals surface area contributed by atoms with E-state index in [1.807, 2.05) is 24.3 Å². The Kier molecular flexibility index (Phi) is 7.35. The normalized spacial score (nSPS) is 18.0. The molecule has 3 N–H and O–H groups in total. The maximum absolute atomic E-state index is 12.8. The van der Waals surface area contributed by atoms with Crippen molar-refractivity contribution in [3.8, 4) is 0 Å². The summed E-state index contributed by atoms with van der Waals surface area (Å²) in [5.74, 6) is -1.15. The van der Waals surface area contributed by atoms with Crippen LogP contribution in [0.15, 0.2) is 48.5 Å². The number of carbonyl (C=O) groups is 2. The third-order valence-corrected chi connectivity index (χ3v) is 5.64. The summed E-state index contributed by atoms with van der Waals surface area (Å²) in [7, 11) is 0. The third kappa shape index (κ3) is 6.29. The van der Waals surface area contributed by atoms with E-state index in [4.69, 9.17) is 17.3 Å². The second-order valence-corrected chi connectivity index (χ2v) is 8.10. The van der Waals surface area contributed by atoms with Gasteiger partial charge in [-0.1, -0.05) is 29.8 Å². The van der Waals surface area contributed by atoms with Gasteiger partial charge < -0.3 is 11.1 Å². The first-order chi connectivity index (χ1) is 14.6. The highest BCUT2D eigenvalue weighted by Crippen LogP contribution is 2.29. The molecular weight excluding hydrogens is 431 g/mol. The molecule has 0 aromatic heterocycles. The van der Waals surface area contributed by atoms with Gasteiger partial charge in [0.05, 0.1) is 18.2 Å². The van der Waals surface area contributed by atoms with E-state index in [-0.39, 0.29) is 23.8 Å². The van der Waals surface area contributed by atoms with Crippen LogP contribution in [0.1, 0.15) is 27.9 Å². The predicted octanol–water partition coefficient (Wildman–Crippen LogP) is 3.51. The number of benzene rings is 2. The van der Waals surface area contributed by atoms with Gasteiger partial charge in [-0.3, -0.25) is 14.5 Å². The quantitative estimate of drug-likeness (QED) is 0.672. The van der Waals surface area contributed by atoms with Gasteiger partial charge in [-0.25, -0.2) is 0 Å². The Bertz CT molecular complexity index is 934. The molecule has 0 bridgehead atoms. The molecule has 1 amide bonds. The van der Waals surface area contributed by atoms with Crippen LogP contribution in [0.25, 0.3) is 0 Å². The van der Waals surface area contributed by atoms with Crippen LogP contribution in [0.4, 0.5) is 13.2 Å². The van der Waals surface area contributed by atoms with Gasteiger partial charge in [-0.15, -0.1) is 0 Å². The highest BCUT2D eigenvalue weighted by Gasteiger charge is 2.32. The molecule has 2 aromatic rings. The van der Waals surface area contributed by atoms with Crippen LogP contribution in [0, 0.1) is 5.92 Å². The average Bonchev–Trinajstić information content (AvgIpc) is 3.20. The molecule has 166 valence electrons. The summed E-state index contributed by atoms with van der Waals surface area (Å²) in [5, 5.41) is 3.05. The fourth-order valence-electron chi connectivity index (χ4n) is 3.63. The van der Waals surface area contributed by atoms with Crippen molar-refractivity contribution in [3.63, 3.8) is 0 Å². The molecule has 3 rings (SSSR count). The van der Waals surface area contributed by atoms with Crippen molar-refractivity contribution < 1.29 is 22.8 Å². The number of ketones is 1. The number of nitrogens with one attached hydrogen (secondary N) is 1. The number of hydrogen-bond donors (Lipinski definition) is 2. The number of likely N-dealkylation sites (tertiary alicyclic amines) is 1. The molecule has 1 saturated heterocycles. The lowest BCUT2D eigenvalue weighted by atomic mass is 9.96. The minimum Gasteiger partial charge on any atom is -0.345 e. The zero-order chi connectivity index (χ0) is 22.6. The summed E-state index contributed by atoms with van der Waals surface area (Å²) in [6, 6.07) is 10.9. The van der Waals surface area contributed by atoms with Crippen molar-refractivity contribution in [2.45, 2.75) is 25.2 Å². The van der Waals surface area contributed by atoms with E-state index in [1.165, 1.54) is 6.07 Å². The Morgan fingerprint density at radius 1 is 1.19 bits per heavy atom. The first-order valence-corrected chi connectivity index (χ1v) is 10.2. The van der Waals surface area contributed by atoms with Crippen LogP contribution in [0.3, 0.4) is 0 Å². The van der Waals surface area contributed by atoms with E-state index < -0.39 is 23.7 Å². The van der Waals surface area contributed by atoms with Gasteiger partial charge in [0, 0.05) is 23.7 Å². The second-order valence-electron chi connectivity index (χ2n) is 7.66. The van der Waals surface area contributed by atoms with Crippen LogP contribution in [-0.4, -0.2) is 42.3 Å². The van der Waals surface area contributed by atoms with Crippen molar-refractivity contribution >= 4 is 23.3 Å². The fraction of sp³-hybridized carbons (Fsp3) is 0.364. The van der Waals surface area contributed by atoms with Crippen molar-refractivity contribution in [1.29, 1.82) is 0 Å². The molecule has 1 heterocycles. The summed E-state index contributed by atoms with van der Waals surface area (Å²) in [6.45, 7) is 1.84. The number of alkyl halides is 3. The van der Waals surface area contributed by atoms with E-state index in [0.717, 1.165) is 43.3 Å². The molecule has 1 fully saturated rings. The molecule has 0 saturated carbocycles. The molecule has 2 unspecified atom stereocenters. The molecule has 5 nitrogen and oxygen atoms in total. The SMILES string of the molecule is NC(C(=O)CNC(=O)c1cccc(C(F)(F)F)c1)C1CCN(Cc2ccc(Cl)cc2)C1. The minimum atomic E-state index is -4.55. The summed E-state index contributed by atoms with van der Waals surface area (Å²) < 4.78 is 38.4. The Hall–Kier alpha value is -2.42. The van der Waals surface area contributed by atoms with Gasteiger partial charge in [0.25, 0.3) is 5.91 Å². The van der Waals surface area contributed by atoms with Gasteiger partial charge in [-0.2, -0.15) is 13.2 Å². The zero-order valence-electron chi connectivity index (χ0n) is 16.7. The topological polar surface area (TPSA) is 75.4 Å². The molecule has 0 radical (unpaired) electrons. The highest BCUT2D eigenvalue weighted by molar-refractivity contribution is 6.30. The molecule has 1 aliphatic heterocycles. The van der Waals surface area contributed by atoms with Gasteiger partial charge in [0.1, 0.15) is 0 Å². The summed E-state index contributed by atoms with van der Waals surface area (Å²) in [5.41, 5.74) is 6.14. The lowest BCUT2D eigenvalue weighted by Gasteiger charge is -2.20. The van der Waals surface area contributed by atoms with Crippen LogP contribution in [0.2, 0.25) is 5.02 Å². The van der Waals surface area contributed by atoms with Crippen molar-refractivity contribution in [1.82, 2.24) is 10.2 Å². The first-order valence-electron chi connectivity index (χ1n) is 9.84.